The molecule has 3 rings (SSSR count). The molecule has 2 aromatic rings. The van der Waals surface area contributed by atoms with Crippen LogP contribution in [0, 0.1) is 0 Å². The van der Waals surface area contributed by atoms with Crippen molar-refractivity contribution in [1.29, 1.82) is 0 Å². The SMILES string of the molecule is CC(=O)Oc1ccc(/C=C2/SC(=S)N(NC(=O)c3ccc(Cl)cc3)C2=O)cc1. The number of thiocarbonyl (C=S) groups is 1. The van der Waals surface area contributed by atoms with E-state index in [0.29, 0.717) is 21.2 Å². The van der Waals surface area contributed by atoms with Crippen molar-refractivity contribution in [2.24, 2.45) is 0 Å². The highest BCUT2D eigenvalue weighted by Gasteiger charge is 2.33. The fraction of sp³-hybridized carbons (Fsp3) is 0.0526. The van der Waals surface area contributed by atoms with Crippen molar-refractivity contribution in [1.82, 2.24) is 10.4 Å². The van der Waals surface area contributed by atoms with Gasteiger partial charge in [-0.05, 0) is 60.3 Å². The van der Waals surface area contributed by atoms with E-state index in [1.807, 2.05) is 0 Å². The van der Waals surface area contributed by atoms with Crippen LogP contribution < -0.4 is 10.2 Å². The number of nitrogens with one attached hydrogen (secondary N) is 1. The third-order valence-electron chi connectivity index (χ3n) is 3.55. The summed E-state index contributed by atoms with van der Waals surface area (Å²) in [6, 6.07) is 12.9. The Balaban J connectivity index is 1.72. The van der Waals surface area contributed by atoms with E-state index in [0.717, 1.165) is 22.3 Å². The summed E-state index contributed by atoms with van der Waals surface area (Å²) in [5.41, 5.74) is 3.58. The van der Waals surface area contributed by atoms with Gasteiger partial charge in [0, 0.05) is 17.5 Å². The molecule has 9 heteroatoms. The van der Waals surface area contributed by atoms with Gasteiger partial charge in [-0.25, -0.2) is 0 Å². The zero-order chi connectivity index (χ0) is 20.3. The molecule has 2 amide bonds. The summed E-state index contributed by atoms with van der Waals surface area (Å²) >= 11 is 12.1. The first-order valence-corrected chi connectivity index (χ1v) is 9.57. The lowest BCUT2D eigenvalue weighted by Crippen LogP contribution is -2.44. The highest BCUT2D eigenvalue weighted by Crippen LogP contribution is 2.31. The Bertz CT molecular complexity index is 988. The summed E-state index contributed by atoms with van der Waals surface area (Å²) in [7, 11) is 0. The third kappa shape index (κ3) is 4.78. The Morgan fingerprint density at radius 3 is 2.39 bits per heavy atom. The number of hydrogen-bond donors (Lipinski definition) is 1. The van der Waals surface area contributed by atoms with E-state index in [4.69, 9.17) is 28.6 Å². The van der Waals surface area contributed by atoms with Gasteiger partial charge < -0.3 is 4.74 Å². The van der Waals surface area contributed by atoms with E-state index in [-0.39, 0.29) is 4.32 Å². The molecular weight excluding hydrogens is 420 g/mol. The minimum absolute atomic E-state index is 0.218. The Morgan fingerprint density at radius 2 is 1.79 bits per heavy atom. The molecule has 1 N–H and O–H groups in total. The minimum Gasteiger partial charge on any atom is -0.427 e. The van der Waals surface area contributed by atoms with Gasteiger partial charge in [-0.3, -0.25) is 19.8 Å². The van der Waals surface area contributed by atoms with E-state index in [1.54, 1.807) is 54.6 Å². The molecule has 0 aromatic heterocycles. The first-order chi connectivity index (χ1) is 13.3. The van der Waals surface area contributed by atoms with Gasteiger partial charge in [0.1, 0.15) is 5.75 Å². The molecule has 1 aliphatic rings. The molecule has 0 aliphatic carbocycles. The maximum atomic E-state index is 12.6. The highest BCUT2D eigenvalue weighted by atomic mass is 35.5. The largest absolute Gasteiger partial charge is 0.427 e. The summed E-state index contributed by atoms with van der Waals surface area (Å²) in [4.78, 5) is 36.2. The van der Waals surface area contributed by atoms with Gasteiger partial charge in [-0.15, -0.1) is 0 Å². The van der Waals surface area contributed by atoms with E-state index in [2.05, 4.69) is 5.43 Å². The molecule has 0 unspecified atom stereocenters. The van der Waals surface area contributed by atoms with Crippen molar-refractivity contribution >= 4 is 63.8 Å². The highest BCUT2D eigenvalue weighted by molar-refractivity contribution is 8.26. The lowest BCUT2D eigenvalue weighted by Gasteiger charge is -2.15. The number of ether oxygens (including phenoxy) is 1. The van der Waals surface area contributed by atoms with Gasteiger partial charge in [0.25, 0.3) is 11.8 Å². The van der Waals surface area contributed by atoms with Crippen LogP contribution in [-0.4, -0.2) is 27.1 Å². The number of hydrazine groups is 1. The average molecular weight is 433 g/mol. The molecule has 0 atom stereocenters. The molecule has 142 valence electrons. The second-order valence-corrected chi connectivity index (χ2v) is 7.74. The number of esters is 1. The Morgan fingerprint density at radius 1 is 1.14 bits per heavy atom. The topological polar surface area (TPSA) is 75.7 Å². The molecule has 0 spiro atoms. The zero-order valence-corrected chi connectivity index (χ0v) is 16.9. The molecule has 0 saturated carbocycles. The first kappa shape index (κ1) is 20.1. The van der Waals surface area contributed by atoms with Gasteiger partial charge in [0.2, 0.25) is 0 Å². The van der Waals surface area contributed by atoms with E-state index < -0.39 is 17.8 Å². The normalized spacial score (nSPS) is 15.1. The number of halogens is 1. The summed E-state index contributed by atoms with van der Waals surface area (Å²) < 4.78 is 5.19. The quantitative estimate of drug-likeness (QED) is 0.342. The number of carbonyl (C=O) groups excluding carboxylic acids is 3. The fourth-order valence-electron chi connectivity index (χ4n) is 2.28. The molecule has 1 heterocycles. The second-order valence-electron chi connectivity index (χ2n) is 5.63. The second kappa shape index (κ2) is 8.55. The van der Waals surface area contributed by atoms with Crippen LogP contribution in [0.5, 0.6) is 5.75 Å². The Hall–Kier alpha value is -2.68. The number of amides is 2. The van der Waals surface area contributed by atoms with Gasteiger partial charge in [0.05, 0.1) is 4.91 Å². The van der Waals surface area contributed by atoms with E-state index in [9.17, 15) is 14.4 Å². The molecule has 1 saturated heterocycles. The van der Waals surface area contributed by atoms with Gasteiger partial charge in [0.15, 0.2) is 4.32 Å². The summed E-state index contributed by atoms with van der Waals surface area (Å²) in [5.74, 6) is -0.904. The van der Waals surface area contributed by atoms with Crippen LogP contribution in [0.2, 0.25) is 5.02 Å². The van der Waals surface area contributed by atoms with Crippen molar-refractivity contribution < 1.29 is 19.1 Å². The van der Waals surface area contributed by atoms with Crippen molar-refractivity contribution in [3.8, 4) is 5.75 Å². The fourth-order valence-corrected chi connectivity index (χ4v) is 3.59. The van der Waals surface area contributed by atoms with E-state index in [1.165, 1.54) is 6.92 Å². The predicted molar refractivity (Wildman–Crippen MR) is 112 cm³/mol. The summed E-state index contributed by atoms with van der Waals surface area (Å²) in [5, 5.41) is 1.54. The van der Waals surface area contributed by atoms with Crippen LogP contribution in [0.25, 0.3) is 6.08 Å². The molecule has 1 aliphatic heterocycles. The number of nitrogens with zero attached hydrogens (tertiary/aromatic N) is 1. The lowest BCUT2D eigenvalue weighted by molar-refractivity contribution is -0.131. The van der Waals surface area contributed by atoms with Crippen LogP contribution >= 0.6 is 35.6 Å². The Kier molecular flexibility index (Phi) is 6.13. The Labute approximate surface area is 175 Å². The standard InChI is InChI=1S/C19H13ClN2O4S2/c1-11(23)26-15-8-2-12(3-9-15)10-16-18(25)22(19(27)28-16)21-17(24)13-4-6-14(20)7-5-13/h2-10H,1H3,(H,21,24)/b16-10+. The van der Waals surface area contributed by atoms with Gasteiger partial charge in [-0.2, -0.15) is 5.01 Å². The molecule has 1 fully saturated rings. The zero-order valence-electron chi connectivity index (χ0n) is 14.5. The number of hydrogen-bond acceptors (Lipinski definition) is 6. The maximum Gasteiger partial charge on any atom is 0.308 e. The van der Waals surface area contributed by atoms with Crippen molar-refractivity contribution in [3.05, 3.63) is 69.6 Å². The molecular formula is C19H13ClN2O4S2. The molecule has 0 bridgehead atoms. The molecule has 28 heavy (non-hydrogen) atoms. The lowest BCUT2D eigenvalue weighted by atomic mass is 10.2. The van der Waals surface area contributed by atoms with Gasteiger partial charge in [-0.1, -0.05) is 35.5 Å². The van der Waals surface area contributed by atoms with Crippen LogP contribution in [-0.2, 0) is 9.59 Å². The summed E-state index contributed by atoms with van der Waals surface area (Å²) in [6.45, 7) is 1.32. The molecule has 0 radical (unpaired) electrons. The minimum atomic E-state index is -0.472. The van der Waals surface area contributed by atoms with E-state index >= 15 is 0 Å². The smallest absolute Gasteiger partial charge is 0.308 e. The maximum absolute atomic E-state index is 12.6. The first-order valence-electron chi connectivity index (χ1n) is 7.96. The predicted octanol–water partition coefficient (Wildman–Crippen LogP) is 3.81. The van der Waals surface area contributed by atoms with Crippen molar-refractivity contribution in [3.63, 3.8) is 0 Å². The van der Waals surface area contributed by atoms with Crippen molar-refractivity contribution in [2.45, 2.75) is 6.92 Å². The van der Waals surface area contributed by atoms with Crippen LogP contribution in [0.1, 0.15) is 22.8 Å². The van der Waals surface area contributed by atoms with Crippen LogP contribution in [0.3, 0.4) is 0 Å². The monoisotopic (exact) mass is 432 g/mol. The van der Waals surface area contributed by atoms with Crippen LogP contribution in [0.4, 0.5) is 0 Å². The molecule has 6 nitrogen and oxygen atoms in total. The summed E-state index contributed by atoms with van der Waals surface area (Å²) in [6.07, 6.45) is 1.64. The number of carbonyl (C=O) groups is 3. The van der Waals surface area contributed by atoms with Gasteiger partial charge >= 0.3 is 5.97 Å². The number of thioether (sulfide) groups is 1. The number of rotatable bonds is 4. The number of benzene rings is 2. The van der Waals surface area contributed by atoms with Crippen molar-refractivity contribution in [2.75, 3.05) is 0 Å². The third-order valence-corrected chi connectivity index (χ3v) is 5.11. The average Bonchev–Trinajstić information content (AvgIpc) is 2.91. The van der Waals surface area contributed by atoms with Crippen LogP contribution in [0.15, 0.2) is 53.4 Å². The molecule has 2 aromatic carbocycles.